The van der Waals surface area contributed by atoms with Crippen LogP contribution in [0.1, 0.15) is 43.6 Å². The van der Waals surface area contributed by atoms with Crippen LogP contribution in [0.25, 0.3) is 0 Å². The molecule has 1 fully saturated rings. The van der Waals surface area contributed by atoms with Crippen LogP contribution in [0, 0.1) is 11.8 Å². The molecule has 2 rings (SSSR count). The van der Waals surface area contributed by atoms with Crippen molar-refractivity contribution in [1.82, 2.24) is 9.88 Å². The van der Waals surface area contributed by atoms with Gasteiger partial charge in [-0.05, 0) is 53.1 Å². The molecule has 1 saturated carbocycles. The summed E-state index contributed by atoms with van der Waals surface area (Å²) >= 11 is 3.39. The van der Waals surface area contributed by atoms with E-state index in [9.17, 15) is 4.79 Å². The van der Waals surface area contributed by atoms with Gasteiger partial charge in [-0.15, -0.1) is 0 Å². The third-order valence-electron chi connectivity index (χ3n) is 3.72. The highest BCUT2D eigenvalue weighted by Gasteiger charge is 2.25. The number of nitrogens with zero attached hydrogens (tertiary/aromatic N) is 1. The van der Waals surface area contributed by atoms with Gasteiger partial charge >= 0.3 is 0 Å². The van der Waals surface area contributed by atoms with Crippen LogP contribution < -0.4 is 5.32 Å². The first kappa shape index (κ1) is 13.7. The Morgan fingerprint density at radius 3 is 2.44 bits per heavy atom. The van der Waals surface area contributed by atoms with Gasteiger partial charge in [-0.2, -0.15) is 0 Å². The second kappa shape index (κ2) is 5.47. The van der Waals surface area contributed by atoms with Crippen molar-refractivity contribution in [3.05, 3.63) is 22.4 Å². The van der Waals surface area contributed by atoms with Crippen molar-refractivity contribution < 1.29 is 4.79 Å². The molecular formula is C14H21BrN2O. The Kier molecular flexibility index (Phi) is 4.15. The van der Waals surface area contributed by atoms with Gasteiger partial charge in [0, 0.05) is 23.8 Å². The minimum atomic E-state index is 0.0366. The molecular weight excluding hydrogens is 292 g/mol. The summed E-state index contributed by atoms with van der Waals surface area (Å²) in [5.74, 6) is 1.45. The van der Waals surface area contributed by atoms with E-state index in [1.54, 1.807) is 0 Å². The molecule has 1 aliphatic carbocycles. The molecule has 0 aliphatic heterocycles. The van der Waals surface area contributed by atoms with Crippen molar-refractivity contribution in [1.29, 1.82) is 0 Å². The first-order valence-electron chi connectivity index (χ1n) is 6.58. The van der Waals surface area contributed by atoms with Crippen molar-refractivity contribution in [2.75, 3.05) is 0 Å². The smallest absolute Gasteiger partial charge is 0.268 e. The molecule has 0 bridgehead atoms. The number of aryl methyl sites for hydroxylation is 1. The standard InChI is InChI=1S/C14H21BrN2O/c1-9-4-10(2)6-12(5-9)16-14(18)13-7-11(15)8-17(13)3/h7-10,12H,4-6H2,1-3H3,(H,16,18). The van der Waals surface area contributed by atoms with Gasteiger partial charge < -0.3 is 9.88 Å². The Bertz CT molecular complexity index is 431. The molecule has 0 saturated heterocycles. The molecule has 1 aliphatic rings. The zero-order valence-electron chi connectivity index (χ0n) is 11.2. The Labute approximate surface area is 117 Å². The topological polar surface area (TPSA) is 34.0 Å². The van der Waals surface area contributed by atoms with Crippen LogP contribution in [-0.2, 0) is 7.05 Å². The number of nitrogens with one attached hydrogen (secondary N) is 1. The number of aromatic nitrogens is 1. The van der Waals surface area contributed by atoms with Gasteiger partial charge in [0.25, 0.3) is 5.91 Å². The lowest BCUT2D eigenvalue weighted by atomic mass is 9.80. The molecule has 1 N–H and O–H groups in total. The van der Waals surface area contributed by atoms with Gasteiger partial charge in [0.05, 0.1) is 0 Å². The van der Waals surface area contributed by atoms with Crippen molar-refractivity contribution in [3.63, 3.8) is 0 Å². The molecule has 1 aromatic heterocycles. The van der Waals surface area contributed by atoms with Crippen LogP contribution in [0.2, 0.25) is 0 Å². The molecule has 1 heterocycles. The number of carbonyl (C=O) groups is 1. The van der Waals surface area contributed by atoms with E-state index in [0.717, 1.165) is 17.3 Å². The van der Waals surface area contributed by atoms with E-state index in [1.807, 2.05) is 23.9 Å². The van der Waals surface area contributed by atoms with Crippen molar-refractivity contribution in [3.8, 4) is 0 Å². The Balaban J connectivity index is 2.01. The monoisotopic (exact) mass is 312 g/mol. The maximum atomic E-state index is 12.2. The summed E-state index contributed by atoms with van der Waals surface area (Å²) in [4.78, 5) is 12.2. The molecule has 1 amide bonds. The molecule has 0 spiro atoms. The van der Waals surface area contributed by atoms with E-state index in [0.29, 0.717) is 23.6 Å². The van der Waals surface area contributed by atoms with Gasteiger partial charge in [0.2, 0.25) is 0 Å². The largest absolute Gasteiger partial charge is 0.348 e. The predicted molar refractivity (Wildman–Crippen MR) is 76.5 cm³/mol. The second-order valence-corrected chi connectivity index (χ2v) is 6.66. The summed E-state index contributed by atoms with van der Waals surface area (Å²) < 4.78 is 2.80. The number of hydrogen-bond donors (Lipinski definition) is 1. The zero-order chi connectivity index (χ0) is 13.3. The fraction of sp³-hybridized carbons (Fsp3) is 0.643. The highest BCUT2D eigenvalue weighted by molar-refractivity contribution is 9.10. The van der Waals surface area contributed by atoms with Crippen LogP contribution in [0.15, 0.2) is 16.7 Å². The van der Waals surface area contributed by atoms with E-state index in [2.05, 4.69) is 35.1 Å². The fourth-order valence-corrected chi connectivity index (χ4v) is 3.60. The van der Waals surface area contributed by atoms with Gasteiger partial charge in [-0.25, -0.2) is 0 Å². The quantitative estimate of drug-likeness (QED) is 0.893. The number of rotatable bonds is 2. The summed E-state index contributed by atoms with van der Waals surface area (Å²) in [5.41, 5.74) is 0.716. The maximum absolute atomic E-state index is 12.2. The van der Waals surface area contributed by atoms with Gasteiger partial charge in [0.1, 0.15) is 5.69 Å². The molecule has 0 radical (unpaired) electrons. The van der Waals surface area contributed by atoms with Crippen LogP contribution in [-0.4, -0.2) is 16.5 Å². The van der Waals surface area contributed by atoms with Crippen LogP contribution in [0.3, 0.4) is 0 Å². The van der Waals surface area contributed by atoms with E-state index < -0.39 is 0 Å². The molecule has 4 heteroatoms. The molecule has 3 nitrogen and oxygen atoms in total. The molecule has 0 aromatic carbocycles. The van der Waals surface area contributed by atoms with Gasteiger partial charge in [-0.1, -0.05) is 13.8 Å². The molecule has 18 heavy (non-hydrogen) atoms. The zero-order valence-corrected chi connectivity index (χ0v) is 12.8. The first-order valence-corrected chi connectivity index (χ1v) is 7.37. The second-order valence-electron chi connectivity index (χ2n) is 5.74. The third-order valence-corrected chi connectivity index (χ3v) is 4.15. The van der Waals surface area contributed by atoms with E-state index in [4.69, 9.17) is 0 Å². The molecule has 2 unspecified atom stereocenters. The summed E-state index contributed by atoms with van der Waals surface area (Å²) in [6.45, 7) is 4.54. The highest BCUT2D eigenvalue weighted by atomic mass is 79.9. The summed E-state index contributed by atoms with van der Waals surface area (Å²) in [6.07, 6.45) is 5.38. The Morgan fingerprint density at radius 1 is 1.33 bits per heavy atom. The Morgan fingerprint density at radius 2 is 1.94 bits per heavy atom. The van der Waals surface area contributed by atoms with Crippen molar-refractivity contribution in [2.24, 2.45) is 18.9 Å². The lowest BCUT2D eigenvalue weighted by Crippen LogP contribution is -2.40. The van der Waals surface area contributed by atoms with Gasteiger partial charge in [0.15, 0.2) is 0 Å². The molecule has 2 atom stereocenters. The normalized spacial score (nSPS) is 28.1. The summed E-state index contributed by atoms with van der Waals surface area (Å²) in [6, 6.07) is 2.19. The third kappa shape index (κ3) is 3.16. The van der Waals surface area contributed by atoms with E-state index >= 15 is 0 Å². The maximum Gasteiger partial charge on any atom is 0.268 e. The fourth-order valence-electron chi connectivity index (χ4n) is 3.07. The van der Waals surface area contributed by atoms with Crippen molar-refractivity contribution in [2.45, 2.75) is 39.2 Å². The molecule has 1 aromatic rings. The van der Waals surface area contributed by atoms with Crippen LogP contribution in [0.5, 0.6) is 0 Å². The lowest BCUT2D eigenvalue weighted by Gasteiger charge is -2.31. The summed E-state index contributed by atoms with van der Waals surface area (Å²) in [7, 11) is 1.89. The number of amides is 1. The number of halogens is 1. The lowest BCUT2D eigenvalue weighted by molar-refractivity contribution is 0.0903. The molecule has 100 valence electrons. The van der Waals surface area contributed by atoms with Crippen LogP contribution >= 0.6 is 15.9 Å². The van der Waals surface area contributed by atoms with Crippen LogP contribution in [0.4, 0.5) is 0 Å². The minimum Gasteiger partial charge on any atom is -0.348 e. The minimum absolute atomic E-state index is 0.0366. The predicted octanol–water partition coefficient (Wildman–Crippen LogP) is 3.34. The Hall–Kier alpha value is -0.770. The first-order chi connectivity index (χ1) is 8.45. The average Bonchev–Trinajstić information content (AvgIpc) is 2.56. The SMILES string of the molecule is CC1CC(C)CC(NC(=O)c2cc(Br)cn2C)C1. The summed E-state index contributed by atoms with van der Waals surface area (Å²) in [5, 5.41) is 3.17. The van der Waals surface area contributed by atoms with E-state index in [1.165, 1.54) is 6.42 Å². The average molecular weight is 313 g/mol. The van der Waals surface area contributed by atoms with Crippen molar-refractivity contribution >= 4 is 21.8 Å². The number of hydrogen-bond acceptors (Lipinski definition) is 1. The highest BCUT2D eigenvalue weighted by Crippen LogP contribution is 2.28. The van der Waals surface area contributed by atoms with E-state index in [-0.39, 0.29) is 5.91 Å². The van der Waals surface area contributed by atoms with Gasteiger partial charge in [-0.3, -0.25) is 4.79 Å². The number of carbonyl (C=O) groups excluding carboxylic acids is 1.